The van der Waals surface area contributed by atoms with Crippen LogP contribution in [0, 0.1) is 11.6 Å². The molecule has 0 aromatic heterocycles. The van der Waals surface area contributed by atoms with Crippen LogP contribution in [0.5, 0.6) is 0 Å². The fourth-order valence-electron chi connectivity index (χ4n) is 2.35. The normalized spacial score (nSPS) is 18.7. The molecule has 0 heterocycles. The number of anilines is 1. The second kappa shape index (κ2) is 5.53. The van der Waals surface area contributed by atoms with Crippen LogP contribution in [0.25, 0.3) is 0 Å². The van der Waals surface area contributed by atoms with Crippen LogP contribution in [0.2, 0.25) is 0 Å². The Hall–Kier alpha value is -0.680. The van der Waals surface area contributed by atoms with E-state index in [4.69, 9.17) is 0 Å². The molecule has 1 aliphatic carbocycles. The van der Waals surface area contributed by atoms with Crippen molar-refractivity contribution in [1.82, 2.24) is 0 Å². The highest BCUT2D eigenvalue weighted by Crippen LogP contribution is 2.31. The molecule has 1 saturated carbocycles. The van der Waals surface area contributed by atoms with Gasteiger partial charge in [0.15, 0.2) is 0 Å². The van der Waals surface area contributed by atoms with E-state index in [-0.39, 0.29) is 12.2 Å². The van der Waals surface area contributed by atoms with Crippen LogP contribution in [0.4, 0.5) is 14.5 Å². The van der Waals surface area contributed by atoms with Crippen LogP contribution in [0.15, 0.2) is 16.6 Å². The molecule has 2 nitrogen and oxygen atoms in total. The van der Waals surface area contributed by atoms with E-state index in [2.05, 4.69) is 21.2 Å². The van der Waals surface area contributed by atoms with Gasteiger partial charge in [-0.3, -0.25) is 0 Å². The van der Waals surface area contributed by atoms with Gasteiger partial charge >= 0.3 is 0 Å². The zero-order valence-electron chi connectivity index (χ0n) is 9.98. The van der Waals surface area contributed by atoms with E-state index in [1.807, 2.05) is 0 Å². The SMILES string of the molecule is OC1(CNc2c(F)cc(F)cc2Br)CCCCC1. The van der Waals surface area contributed by atoms with Crippen LogP contribution < -0.4 is 5.32 Å². The summed E-state index contributed by atoms with van der Waals surface area (Å²) >= 11 is 3.12. The first kappa shape index (κ1) is 13.7. The third kappa shape index (κ3) is 3.20. The summed E-state index contributed by atoms with van der Waals surface area (Å²) in [4.78, 5) is 0. The van der Waals surface area contributed by atoms with Gasteiger partial charge in [0.1, 0.15) is 11.6 Å². The van der Waals surface area contributed by atoms with E-state index >= 15 is 0 Å². The van der Waals surface area contributed by atoms with E-state index in [0.717, 1.165) is 38.2 Å². The van der Waals surface area contributed by atoms with Crippen LogP contribution in [0.1, 0.15) is 32.1 Å². The maximum absolute atomic E-state index is 13.6. The highest BCUT2D eigenvalue weighted by atomic mass is 79.9. The second-order valence-corrected chi connectivity index (χ2v) is 5.74. The summed E-state index contributed by atoms with van der Waals surface area (Å²) in [6, 6.07) is 2.04. The van der Waals surface area contributed by atoms with Crippen molar-refractivity contribution in [2.75, 3.05) is 11.9 Å². The smallest absolute Gasteiger partial charge is 0.150 e. The first-order valence-electron chi connectivity index (χ1n) is 6.11. The molecular weight excluding hydrogens is 304 g/mol. The van der Waals surface area contributed by atoms with E-state index in [1.54, 1.807) is 0 Å². The van der Waals surface area contributed by atoms with Crippen LogP contribution in [-0.4, -0.2) is 17.3 Å². The minimum atomic E-state index is -0.779. The summed E-state index contributed by atoms with van der Waals surface area (Å²) in [6.45, 7) is 0.286. The number of hydrogen-bond donors (Lipinski definition) is 2. The van der Waals surface area contributed by atoms with E-state index in [9.17, 15) is 13.9 Å². The van der Waals surface area contributed by atoms with Crippen molar-refractivity contribution in [2.24, 2.45) is 0 Å². The highest BCUT2D eigenvalue weighted by molar-refractivity contribution is 9.10. The third-order valence-electron chi connectivity index (χ3n) is 3.39. The number of benzene rings is 1. The second-order valence-electron chi connectivity index (χ2n) is 4.88. The molecule has 1 aromatic carbocycles. The van der Waals surface area contributed by atoms with Gasteiger partial charge in [-0.2, -0.15) is 0 Å². The molecule has 5 heteroatoms. The lowest BCUT2D eigenvalue weighted by Gasteiger charge is -2.32. The molecule has 0 spiro atoms. The summed E-state index contributed by atoms with van der Waals surface area (Å²) in [6.07, 6.45) is 4.56. The molecule has 1 aliphatic rings. The molecule has 0 bridgehead atoms. The van der Waals surface area contributed by atoms with Crippen molar-refractivity contribution in [3.63, 3.8) is 0 Å². The van der Waals surface area contributed by atoms with Gasteiger partial charge in [0.05, 0.1) is 11.3 Å². The summed E-state index contributed by atoms with van der Waals surface area (Å²) < 4.78 is 26.8. The Balaban J connectivity index is 2.06. The van der Waals surface area contributed by atoms with Gasteiger partial charge in [0.25, 0.3) is 0 Å². The number of aliphatic hydroxyl groups is 1. The molecule has 0 unspecified atom stereocenters. The predicted octanol–water partition coefficient (Wildman–Crippen LogP) is 3.83. The monoisotopic (exact) mass is 319 g/mol. The number of hydrogen-bond acceptors (Lipinski definition) is 2. The first-order chi connectivity index (χ1) is 8.50. The largest absolute Gasteiger partial charge is 0.388 e. The third-order valence-corrected chi connectivity index (χ3v) is 4.01. The molecule has 0 atom stereocenters. The molecule has 0 radical (unpaired) electrons. The maximum Gasteiger partial charge on any atom is 0.150 e. The van der Waals surface area contributed by atoms with Crippen molar-refractivity contribution >= 4 is 21.6 Å². The Labute approximate surface area is 114 Å². The van der Waals surface area contributed by atoms with Gasteiger partial charge in [0, 0.05) is 17.1 Å². The lowest BCUT2D eigenvalue weighted by molar-refractivity contribution is 0.0167. The average Bonchev–Trinajstić information content (AvgIpc) is 2.28. The number of nitrogens with one attached hydrogen (secondary N) is 1. The highest BCUT2D eigenvalue weighted by Gasteiger charge is 2.29. The summed E-state index contributed by atoms with van der Waals surface area (Å²) in [7, 11) is 0. The Bertz CT molecular complexity index is 410. The van der Waals surface area contributed by atoms with E-state index < -0.39 is 17.2 Å². The Morgan fingerprint density at radius 3 is 2.50 bits per heavy atom. The zero-order valence-corrected chi connectivity index (χ0v) is 11.6. The lowest BCUT2D eigenvalue weighted by Crippen LogP contribution is -2.39. The molecule has 0 saturated heterocycles. The standard InChI is InChI=1S/C13H16BrF2NO/c14-10-6-9(15)7-11(16)12(10)17-8-13(18)4-2-1-3-5-13/h6-7,17-18H,1-5,8H2. The van der Waals surface area contributed by atoms with Crippen molar-refractivity contribution < 1.29 is 13.9 Å². The minimum Gasteiger partial charge on any atom is -0.388 e. The van der Waals surface area contributed by atoms with Crippen molar-refractivity contribution in [2.45, 2.75) is 37.7 Å². The molecule has 100 valence electrons. The Morgan fingerprint density at radius 1 is 1.22 bits per heavy atom. The van der Waals surface area contributed by atoms with Crippen LogP contribution >= 0.6 is 15.9 Å². The van der Waals surface area contributed by atoms with Gasteiger partial charge < -0.3 is 10.4 Å². The van der Waals surface area contributed by atoms with Crippen LogP contribution in [0.3, 0.4) is 0 Å². The van der Waals surface area contributed by atoms with Crippen molar-refractivity contribution in [3.8, 4) is 0 Å². The molecule has 1 fully saturated rings. The minimum absolute atomic E-state index is 0.204. The molecule has 2 rings (SSSR count). The molecule has 18 heavy (non-hydrogen) atoms. The quantitative estimate of drug-likeness (QED) is 0.887. The molecule has 0 aliphatic heterocycles. The Kier molecular flexibility index (Phi) is 4.22. The number of rotatable bonds is 3. The van der Waals surface area contributed by atoms with Gasteiger partial charge in [-0.1, -0.05) is 19.3 Å². The van der Waals surface area contributed by atoms with Crippen molar-refractivity contribution in [1.29, 1.82) is 0 Å². The van der Waals surface area contributed by atoms with Crippen molar-refractivity contribution in [3.05, 3.63) is 28.2 Å². The van der Waals surface area contributed by atoms with E-state index in [1.165, 1.54) is 6.07 Å². The molecule has 2 N–H and O–H groups in total. The summed E-state index contributed by atoms with van der Waals surface area (Å²) in [5.41, 5.74) is -0.575. The summed E-state index contributed by atoms with van der Waals surface area (Å²) in [5, 5.41) is 13.2. The van der Waals surface area contributed by atoms with Gasteiger partial charge in [-0.05, 0) is 34.8 Å². The topological polar surface area (TPSA) is 32.3 Å². The van der Waals surface area contributed by atoms with Gasteiger partial charge in [-0.15, -0.1) is 0 Å². The predicted molar refractivity (Wildman–Crippen MR) is 70.6 cm³/mol. The van der Waals surface area contributed by atoms with Crippen LogP contribution in [-0.2, 0) is 0 Å². The maximum atomic E-state index is 13.6. The fourth-order valence-corrected chi connectivity index (χ4v) is 2.90. The fraction of sp³-hybridized carbons (Fsp3) is 0.538. The average molecular weight is 320 g/mol. The molecule has 1 aromatic rings. The zero-order chi connectivity index (χ0) is 13.2. The first-order valence-corrected chi connectivity index (χ1v) is 6.90. The Morgan fingerprint density at radius 2 is 1.89 bits per heavy atom. The van der Waals surface area contributed by atoms with Gasteiger partial charge in [-0.25, -0.2) is 8.78 Å². The molecular formula is C13H16BrF2NO. The lowest BCUT2D eigenvalue weighted by atomic mass is 9.85. The molecule has 0 amide bonds. The number of halogens is 3. The summed E-state index contributed by atoms with van der Waals surface area (Å²) in [5.74, 6) is -1.28. The van der Waals surface area contributed by atoms with E-state index in [0.29, 0.717) is 4.47 Å². The van der Waals surface area contributed by atoms with Gasteiger partial charge in [0.2, 0.25) is 0 Å².